The predicted molar refractivity (Wildman–Crippen MR) is 131 cm³/mol. The number of nitrogens with two attached hydrogens (primary N) is 2. The number of anilines is 3. The summed E-state index contributed by atoms with van der Waals surface area (Å²) in [7, 11) is 1.65. The van der Waals surface area contributed by atoms with Gasteiger partial charge in [-0.2, -0.15) is 5.10 Å². The highest BCUT2D eigenvalue weighted by Crippen LogP contribution is 2.35. The van der Waals surface area contributed by atoms with Crippen LogP contribution in [0.4, 0.5) is 21.7 Å². The molecule has 0 aliphatic heterocycles. The van der Waals surface area contributed by atoms with E-state index in [2.05, 4.69) is 20.7 Å². The van der Waals surface area contributed by atoms with Crippen molar-refractivity contribution in [2.24, 2.45) is 17.4 Å². The quantitative estimate of drug-likeness (QED) is 0.339. The van der Waals surface area contributed by atoms with Crippen LogP contribution in [-0.4, -0.2) is 46.5 Å². The van der Waals surface area contributed by atoms with E-state index in [0.29, 0.717) is 24.8 Å². The van der Waals surface area contributed by atoms with Gasteiger partial charge >= 0.3 is 0 Å². The summed E-state index contributed by atoms with van der Waals surface area (Å²) in [6.07, 6.45) is 3.18. The number of nitrogens with one attached hydrogen (secondary N) is 2. The standard InChI is InChI=1S/C24H32FN7O2/c1-13(26)20(10-15-4-5-15)29-24-19(25)12-18(22(27)33)23(30-24)28-16-6-7-21-17(11-16)14(2)31-32(21)8-9-34-3/h6-7,11-13,15,20H,4-5,8-10,26H2,1-3H3,(H2,27,33)(H2,28,29,30)/t13-,20+/m0/s1. The number of fused-ring (bicyclic) bond motifs is 1. The number of benzene rings is 1. The van der Waals surface area contributed by atoms with E-state index in [1.807, 2.05) is 36.7 Å². The van der Waals surface area contributed by atoms with Crippen molar-refractivity contribution in [3.8, 4) is 0 Å². The fourth-order valence-electron chi connectivity index (χ4n) is 4.07. The molecule has 1 amide bonds. The summed E-state index contributed by atoms with van der Waals surface area (Å²) in [4.78, 5) is 16.4. The molecular formula is C24H32FN7O2. The van der Waals surface area contributed by atoms with Gasteiger partial charge in [-0.25, -0.2) is 9.37 Å². The van der Waals surface area contributed by atoms with Gasteiger partial charge in [-0.3, -0.25) is 9.48 Å². The van der Waals surface area contributed by atoms with Crippen LogP contribution in [0.15, 0.2) is 24.3 Å². The van der Waals surface area contributed by atoms with Gasteiger partial charge in [-0.05, 0) is 50.5 Å². The van der Waals surface area contributed by atoms with Crippen LogP contribution in [0.3, 0.4) is 0 Å². The Kier molecular flexibility index (Phi) is 6.99. The molecule has 34 heavy (non-hydrogen) atoms. The summed E-state index contributed by atoms with van der Waals surface area (Å²) in [6, 6.07) is 6.51. The molecule has 1 aliphatic rings. The number of aryl methyl sites for hydroxylation is 1. The maximum atomic E-state index is 14.8. The number of rotatable bonds is 11. The highest BCUT2D eigenvalue weighted by molar-refractivity contribution is 5.99. The third-order valence-corrected chi connectivity index (χ3v) is 6.19. The molecule has 6 N–H and O–H groups in total. The first-order chi connectivity index (χ1) is 16.3. The van der Waals surface area contributed by atoms with E-state index in [0.717, 1.165) is 41.9 Å². The number of halogens is 1. The lowest BCUT2D eigenvalue weighted by Crippen LogP contribution is -2.39. The van der Waals surface area contributed by atoms with Gasteiger partial charge in [0, 0.05) is 30.3 Å². The third kappa shape index (κ3) is 5.28. The van der Waals surface area contributed by atoms with Crippen molar-refractivity contribution < 1.29 is 13.9 Å². The summed E-state index contributed by atoms with van der Waals surface area (Å²) in [5.41, 5.74) is 14.1. The van der Waals surface area contributed by atoms with Gasteiger partial charge < -0.3 is 26.8 Å². The molecule has 2 atom stereocenters. The van der Waals surface area contributed by atoms with Crippen LogP contribution in [0.2, 0.25) is 0 Å². The fourth-order valence-corrected chi connectivity index (χ4v) is 4.07. The van der Waals surface area contributed by atoms with Gasteiger partial charge in [-0.15, -0.1) is 0 Å². The van der Waals surface area contributed by atoms with Crippen LogP contribution in [0, 0.1) is 18.7 Å². The number of pyridine rings is 1. The zero-order valence-corrected chi connectivity index (χ0v) is 19.8. The first kappa shape index (κ1) is 23.9. The van der Waals surface area contributed by atoms with Crippen LogP contribution in [0.25, 0.3) is 10.9 Å². The monoisotopic (exact) mass is 469 g/mol. The second kappa shape index (κ2) is 9.94. The molecule has 1 aliphatic carbocycles. The Balaban J connectivity index is 1.64. The Bertz CT molecular complexity index is 1190. The maximum Gasteiger partial charge on any atom is 0.252 e. The molecule has 10 heteroatoms. The number of hydrogen-bond acceptors (Lipinski definition) is 7. The number of amides is 1. The average Bonchev–Trinajstić information content (AvgIpc) is 3.56. The van der Waals surface area contributed by atoms with E-state index in [1.165, 1.54) is 0 Å². The molecular weight excluding hydrogens is 437 g/mol. The van der Waals surface area contributed by atoms with Crippen LogP contribution < -0.4 is 22.1 Å². The smallest absolute Gasteiger partial charge is 0.252 e. The lowest BCUT2D eigenvalue weighted by Gasteiger charge is -2.24. The second-order valence-electron chi connectivity index (χ2n) is 9.03. The Morgan fingerprint density at radius 3 is 2.74 bits per heavy atom. The normalized spacial score (nSPS) is 15.3. The Morgan fingerprint density at radius 2 is 2.09 bits per heavy atom. The minimum Gasteiger partial charge on any atom is -0.383 e. The number of aromatic nitrogens is 3. The zero-order chi connectivity index (χ0) is 24.4. The average molecular weight is 470 g/mol. The molecule has 0 spiro atoms. The van der Waals surface area contributed by atoms with Crippen molar-refractivity contribution in [2.45, 2.75) is 51.7 Å². The van der Waals surface area contributed by atoms with Crippen LogP contribution in [-0.2, 0) is 11.3 Å². The van der Waals surface area contributed by atoms with E-state index in [9.17, 15) is 9.18 Å². The SMILES string of the molecule is COCCn1nc(C)c2cc(Nc3nc(N[C@H](CC4CC4)[C@H](C)N)c(F)cc3C(N)=O)ccc21. The van der Waals surface area contributed by atoms with Crippen LogP contribution >= 0.6 is 0 Å². The summed E-state index contributed by atoms with van der Waals surface area (Å²) in [5, 5.41) is 11.8. The van der Waals surface area contributed by atoms with E-state index < -0.39 is 11.7 Å². The van der Waals surface area contributed by atoms with E-state index in [4.69, 9.17) is 16.2 Å². The maximum absolute atomic E-state index is 14.8. The number of nitrogens with zero attached hydrogens (tertiary/aromatic N) is 3. The van der Waals surface area contributed by atoms with Crippen molar-refractivity contribution in [1.82, 2.24) is 14.8 Å². The van der Waals surface area contributed by atoms with Gasteiger partial charge in [0.1, 0.15) is 5.82 Å². The molecule has 9 nitrogen and oxygen atoms in total. The highest BCUT2D eigenvalue weighted by Gasteiger charge is 2.28. The number of primary amides is 1. The zero-order valence-electron chi connectivity index (χ0n) is 19.8. The number of hydrogen-bond donors (Lipinski definition) is 4. The topological polar surface area (TPSA) is 133 Å². The van der Waals surface area contributed by atoms with Crippen molar-refractivity contribution >= 4 is 34.1 Å². The van der Waals surface area contributed by atoms with E-state index in [-0.39, 0.29) is 29.3 Å². The molecule has 0 saturated heterocycles. The fraction of sp³-hybridized carbons (Fsp3) is 0.458. The molecule has 4 rings (SSSR count). The number of carbonyl (C=O) groups excluding carboxylic acids is 1. The van der Waals surface area contributed by atoms with Crippen molar-refractivity contribution in [1.29, 1.82) is 0 Å². The second-order valence-corrected chi connectivity index (χ2v) is 9.03. The van der Waals surface area contributed by atoms with E-state index >= 15 is 0 Å². The summed E-state index contributed by atoms with van der Waals surface area (Å²) in [6.45, 7) is 5.00. The highest BCUT2D eigenvalue weighted by atomic mass is 19.1. The van der Waals surface area contributed by atoms with E-state index in [1.54, 1.807) is 7.11 Å². The third-order valence-electron chi connectivity index (χ3n) is 6.19. The first-order valence-corrected chi connectivity index (χ1v) is 11.5. The lowest BCUT2D eigenvalue weighted by atomic mass is 10.0. The molecule has 182 valence electrons. The molecule has 1 saturated carbocycles. The Hall–Kier alpha value is -3.24. The Labute approximate surface area is 198 Å². The van der Waals surface area contributed by atoms with Gasteiger partial charge in [0.2, 0.25) is 0 Å². The molecule has 0 unspecified atom stereocenters. The van der Waals surface area contributed by atoms with Crippen molar-refractivity contribution in [2.75, 3.05) is 24.4 Å². The summed E-state index contributed by atoms with van der Waals surface area (Å²) < 4.78 is 21.9. The Morgan fingerprint density at radius 1 is 1.32 bits per heavy atom. The molecule has 2 aromatic heterocycles. The number of ether oxygens (including phenoxy) is 1. The van der Waals surface area contributed by atoms with Crippen molar-refractivity contribution in [3.05, 3.63) is 41.3 Å². The number of carbonyl (C=O) groups is 1. The van der Waals surface area contributed by atoms with Gasteiger partial charge in [-0.1, -0.05) is 12.8 Å². The van der Waals surface area contributed by atoms with Gasteiger partial charge in [0.05, 0.1) is 29.9 Å². The minimum atomic E-state index is -0.771. The van der Waals surface area contributed by atoms with Crippen molar-refractivity contribution in [3.63, 3.8) is 0 Å². The van der Waals surface area contributed by atoms with Crippen LogP contribution in [0.5, 0.6) is 0 Å². The lowest BCUT2D eigenvalue weighted by molar-refractivity contribution is 0.100. The molecule has 0 bridgehead atoms. The first-order valence-electron chi connectivity index (χ1n) is 11.5. The molecule has 0 radical (unpaired) electrons. The molecule has 3 aromatic rings. The summed E-state index contributed by atoms with van der Waals surface area (Å²) in [5.74, 6) is -0.595. The predicted octanol–water partition coefficient (Wildman–Crippen LogP) is 3.30. The summed E-state index contributed by atoms with van der Waals surface area (Å²) >= 11 is 0. The molecule has 1 aromatic carbocycles. The largest absolute Gasteiger partial charge is 0.383 e. The molecule has 2 heterocycles. The van der Waals surface area contributed by atoms with Gasteiger partial charge in [0.15, 0.2) is 11.6 Å². The molecule has 1 fully saturated rings. The number of methoxy groups -OCH3 is 1. The van der Waals surface area contributed by atoms with Gasteiger partial charge in [0.25, 0.3) is 5.91 Å². The minimum absolute atomic E-state index is 0.0322. The van der Waals surface area contributed by atoms with Crippen LogP contribution in [0.1, 0.15) is 42.2 Å².